The molecule has 0 atom stereocenters. The Bertz CT molecular complexity index is 722. The van der Waals surface area contributed by atoms with Gasteiger partial charge in [-0.05, 0) is 44.2 Å². The van der Waals surface area contributed by atoms with Gasteiger partial charge in [-0.1, -0.05) is 0 Å². The number of hydrogen-bond acceptors (Lipinski definition) is 4. The first kappa shape index (κ1) is 17.6. The predicted molar refractivity (Wildman–Crippen MR) is 98.3 cm³/mol. The van der Waals surface area contributed by atoms with Crippen LogP contribution in [0.15, 0.2) is 18.2 Å². The van der Waals surface area contributed by atoms with Gasteiger partial charge in [0.15, 0.2) is 0 Å². The minimum atomic E-state index is 0.0729. The number of amides is 1. The van der Waals surface area contributed by atoms with Crippen molar-refractivity contribution in [3.63, 3.8) is 0 Å². The van der Waals surface area contributed by atoms with E-state index in [9.17, 15) is 4.79 Å². The predicted octanol–water partition coefficient (Wildman–Crippen LogP) is 2.23. The highest BCUT2D eigenvalue weighted by molar-refractivity contribution is 5.88. The van der Waals surface area contributed by atoms with Crippen LogP contribution in [0.3, 0.4) is 0 Å². The van der Waals surface area contributed by atoms with Crippen LogP contribution in [0.25, 0.3) is 10.9 Å². The SMILES string of the molecule is COc1cc(OC)c2cc(CCCNC(=O)CNCC3CC3)[nH]c2c1. The van der Waals surface area contributed by atoms with E-state index in [2.05, 4.69) is 21.7 Å². The number of aryl methyl sites for hydroxylation is 1. The van der Waals surface area contributed by atoms with Crippen LogP contribution in [0.4, 0.5) is 0 Å². The number of nitrogens with one attached hydrogen (secondary N) is 3. The Morgan fingerprint density at radius 2 is 2.08 bits per heavy atom. The highest BCUT2D eigenvalue weighted by atomic mass is 16.5. The molecule has 1 amide bonds. The Morgan fingerprint density at radius 1 is 1.24 bits per heavy atom. The highest BCUT2D eigenvalue weighted by Gasteiger charge is 2.20. The minimum absolute atomic E-state index is 0.0729. The molecule has 136 valence electrons. The van der Waals surface area contributed by atoms with E-state index in [0.717, 1.165) is 53.4 Å². The molecule has 6 nitrogen and oxygen atoms in total. The van der Waals surface area contributed by atoms with Crippen LogP contribution in [-0.2, 0) is 11.2 Å². The lowest BCUT2D eigenvalue weighted by molar-refractivity contribution is -0.120. The third-order valence-corrected chi connectivity index (χ3v) is 4.55. The van der Waals surface area contributed by atoms with Crippen molar-refractivity contribution in [2.45, 2.75) is 25.7 Å². The molecule has 25 heavy (non-hydrogen) atoms. The van der Waals surface area contributed by atoms with Crippen LogP contribution < -0.4 is 20.1 Å². The molecule has 1 aliphatic rings. The molecule has 0 aliphatic heterocycles. The van der Waals surface area contributed by atoms with Crippen LogP contribution in [0.1, 0.15) is 25.0 Å². The third kappa shape index (κ3) is 4.89. The molecule has 1 aromatic heterocycles. The number of aromatic amines is 1. The van der Waals surface area contributed by atoms with E-state index < -0.39 is 0 Å². The minimum Gasteiger partial charge on any atom is -0.497 e. The van der Waals surface area contributed by atoms with E-state index in [1.54, 1.807) is 14.2 Å². The number of aromatic nitrogens is 1. The van der Waals surface area contributed by atoms with E-state index in [4.69, 9.17) is 9.47 Å². The van der Waals surface area contributed by atoms with E-state index >= 15 is 0 Å². The van der Waals surface area contributed by atoms with Gasteiger partial charge < -0.3 is 25.1 Å². The summed E-state index contributed by atoms with van der Waals surface area (Å²) in [5.74, 6) is 2.43. The molecule has 1 heterocycles. The lowest BCUT2D eigenvalue weighted by Crippen LogP contribution is -2.35. The molecule has 0 radical (unpaired) electrons. The van der Waals surface area contributed by atoms with Gasteiger partial charge in [0.25, 0.3) is 0 Å². The Balaban J connectivity index is 1.45. The molecule has 3 N–H and O–H groups in total. The molecule has 1 aromatic carbocycles. The van der Waals surface area contributed by atoms with Crippen LogP contribution in [0, 0.1) is 5.92 Å². The van der Waals surface area contributed by atoms with Crippen molar-refractivity contribution in [3.05, 3.63) is 23.9 Å². The summed E-state index contributed by atoms with van der Waals surface area (Å²) in [7, 11) is 3.31. The first-order chi connectivity index (χ1) is 12.2. The van der Waals surface area contributed by atoms with Crippen molar-refractivity contribution in [1.82, 2.24) is 15.6 Å². The van der Waals surface area contributed by atoms with Gasteiger partial charge in [-0.25, -0.2) is 0 Å². The maximum absolute atomic E-state index is 11.7. The van der Waals surface area contributed by atoms with Gasteiger partial charge in [0, 0.05) is 29.8 Å². The first-order valence-electron chi connectivity index (χ1n) is 8.90. The molecular formula is C19H27N3O3. The molecule has 1 aliphatic carbocycles. The normalized spacial score (nSPS) is 13.8. The number of hydrogen-bond donors (Lipinski definition) is 3. The Kier molecular flexibility index (Phi) is 5.81. The zero-order valence-electron chi connectivity index (χ0n) is 15.0. The molecule has 0 spiro atoms. The number of benzene rings is 1. The quantitative estimate of drug-likeness (QED) is 0.577. The maximum Gasteiger partial charge on any atom is 0.233 e. The molecule has 1 saturated carbocycles. The van der Waals surface area contributed by atoms with Gasteiger partial charge in [0.05, 0.1) is 26.3 Å². The Hall–Kier alpha value is -2.21. The molecule has 1 fully saturated rings. The fourth-order valence-electron chi connectivity index (χ4n) is 2.94. The highest BCUT2D eigenvalue weighted by Crippen LogP contribution is 2.31. The number of fused-ring (bicyclic) bond motifs is 1. The molecule has 0 bridgehead atoms. The van der Waals surface area contributed by atoms with Gasteiger partial charge in [-0.15, -0.1) is 0 Å². The van der Waals surface area contributed by atoms with Gasteiger partial charge in [0.2, 0.25) is 5.91 Å². The number of H-pyrrole nitrogens is 1. The molecule has 6 heteroatoms. The smallest absolute Gasteiger partial charge is 0.233 e. The maximum atomic E-state index is 11.7. The lowest BCUT2D eigenvalue weighted by atomic mass is 10.2. The molecule has 0 saturated heterocycles. The fraction of sp³-hybridized carbons (Fsp3) is 0.526. The van der Waals surface area contributed by atoms with Gasteiger partial charge in [0.1, 0.15) is 11.5 Å². The zero-order valence-corrected chi connectivity index (χ0v) is 15.0. The zero-order chi connectivity index (χ0) is 17.6. The Labute approximate surface area is 148 Å². The molecular weight excluding hydrogens is 318 g/mol. The standard InChI is InChI=1S/C19H27N3O3/c1-24-15-9-17-16(18(10-15)25-2)8-14(22-17)4-3-7-21-19(23)12-20-11-13-5-6-13/h8-10,13,20,22H,3-7,11-12H2,1-2H3,(H,21,23). The van der Waals surface area contributed by atoms with Crippen LogP contribution in [0.2, 0.25) is 0 Å². The monoisotopic (exact) mass is 345 g/mol. The summed E-state index contributed by atoms with van der Waals surface area (Å²) in [5.41, 5.74) is 2.13. The van der Waals surface area contributed by atoms with Crippen molar-refractivity contribution >= 4 is 16.8 Å². The summed E-state index contributed by atoms with van der Waals surface area (Å²) >= 11 is 0. The van der Waals surface area contributed by atoms with Gasteiger partial charge in [-0.3, -0.25) is 4.79 Å². The lowest BCUT2D eigenvalue weighted by Gasteiger charge is -2.05. The van der Waals surface area contributed by atoms with Crippen molar-refractivity contribution in [1.29, 1.82) is 0 Å². The van der Waals surface area contributed by atoms with E-state index in [-0.39, 0.29) is 5.91 Å². The van der Waals surface area contributed by atoms with Crippen LogP contribution in [0.5, 0.6) is 11.5 Å². The van der Waals surface area contributed by atoms with Gasteiger partial charge >= 0.3 is 0 Å². The van der Waals surface area contributed by atoms with E-state index in [1.165, 1.54) is 12.8 Å². The average molecular weight is 345 g/mol. The molecule has 0 unspecified atom stereocenters. The third-order valence-electron chi connectivity index (χ3n) is 4.55. The van der Waals surface area contributed by atoms with Crippen molar-refractivity contribution in [3.8, 4) is 11.5 Å². The topological polar surface area (TPSA) is 75.4 Å². The van der Waals surface area contributed by atoms with Crippen molar-refractivity contribution in [2.75, 3.05) is 33.9 Å². The van der Waals surface area contributed by atoms with E-state index in [1.807, 2.05) is 12.1 Å². The number of methoxy groups -OCH3 is 2. The fourth-order valence-corrected chi connectivity index (χ4v) is 2.94. The summed E-state index contributed by atoms with van der Waals surface area (Å²) in [5, 5.41) is 7.21. The Morgan fingerprint density at radius 3 is 2.80 bits per heavy atom. The van der Waals surface area contributed by atoms with Crippen molar-refractivity contribution in [2.24, 2.45) is 5.92 Å². The van der Waals surface area contributed by atoms with Crippen LogP contribution in [-0.4, -0.2) is 44.7 Å². The van der Waals surface area contributed by atoms with Gasteiger partial charge in [-0.2, -0.15) is 0 Å². The summed E-state index contributed by atoms with van der Waals surface area (Å²) in [6.45, 7) is 2.06. The number of carbonyl (C=O) groups excluding carboxylic acids is 1. The van der Waals surface area contributed by atoms with Crippen molar-refractivity contribution < 1.29 is 14.3 Å². The van der Waals surface area contributed by atoms with Crippen LogP contribution >= 0.6 is 0 Å². The molecule has 3 rings (SSSR count). The molecule has 2 aromatic rings. The second-order valence-electron chi connectivity index (χ2n) is 6.61. The average Bonchev–Trinajstić information content (AvgIpc) is 3.35. The number of rotatable bonds is 10. The largest absolute Gasteiger partial charge is 0.497 e. The summed E-state index contributed by atoms with van der Waals surface area (Å²) in [4.78, 5) is 15.1. The summed E-state index contributed by atoms with van der Waals surface area (Å²) < 4.78 is 10.7. The second-order valence-corrected chi connectivity index (χ2v) is 6.61. The first-order valence-corrected chi connectivity index (χ1v) is 8.90. The van der Waals surface area contributed by atoms with E-state index in [0.29, 0.717) is 13.1 Å². The summed E-state index contributed by atoms with van der Waals surface area (Å²) in [6.07, 6.45) is 4.36. The second kappa shape index (κ2) is 8.25. The number of carbonyl (C=O) groups is 1. The summed E-state index contributed by atoms with van der Waals surface area (Å²) in [6, 6.07) is 5.95. The number of ether oxygens (including phenoxy) is 2.